The molecule has 0 aromatic carbocycles. The van der Waals surface area contributed by atoms with E-state index < -0.39 is 33.6 Å². The molecular formula is C5H14N10O4. The standard InChI is InChI=1S/C5H14N10O4/c1-5(12(10)3(6)7,13(11)4(8)9)2(14(16)17)15(18)19/h2H,10-11H2,1H3,(H3,6,7)(H3,8,9). The van der Waals surface area contributed by atoms with Gasteiger partial charge in [0.15, 0.2) is 0 Å². The van der Waals surface area contributed by atoms with Crippen molar-refractivity contribution >= 4 is 11.9 Å². The van der Waals surface area contributed by atoms with Gasteiger partial charge in [-0.1, -0.05) is 0 Å². The first kappa shape index (κ1) is 16.3. The number of nitrogens with zero attached hydrogens (tertiary/aromatic N) is 4. The van der Waals surface area contributed by atoms with Crippen LogP contribution in [0.15, 0.2) is 0 Å². The lowest BCUT2D eigenvalue weighted by Crippen LogP contribution is -2.76. The third-order valence-electron chi connectivity index (χ3n) is 2.38. The van der Waals surface area contributed by atoms with E-state index in [4.69, 9.17) is 34.0 Å². The zero-order valence-electron chi connectivity index (χ0n) is 9.81. The molecule has 0 aromatic rings. The van der Waals surface area contributed by atoms with Crippen molar-refractivity contribution < 1.29 is 9.85 Å². The molecular weight excluding hydrogens is 264 g/mol. The number of nitro groups is 2. The average Bonchev–Trinajstić information content (AvgIpc) is 2.25. The molecule has 0 bridgehead atoms. The lowest BCUT2D eigenvalue weighted by Gasteiger charge is -2.40. The number of hydrogen-bond acceptors (Lipinski definition) is 8. The molecule has 0 rings (SSSR count). The van der Waals surface area contributed by atoms with Crippen molar-refractivity contribution in [3.05, 3.63) is 20.2 Å². The predicted octanol–water partition coefficient (Wildman–Crippen LogP) is -3.28. The fraction of sp³-hybridized carbons (Fsp3) is 0.600. The van der Waals surface area contributed by atoms with Gasteiger partial charge in [-0.25, -0.2) is 21.7 Å². The number of hydrazine groups is 2. The van der Waals surface area contributed by atoms with Crippen LogP contribution in [0.4, 0.5) is 0 Å². The second-order valence-electron chi connectivity index (χ2n) is 3.55. The highest BCUT2D eigenvalue weighted by Crippen LogP contribution is 2.22. The molecule has 19 heavy (non-hydrogen) atoms. The maximum absolute atomic E-state index is 10.8. The number of guanidine groups is 2. The lowest BCUT2D eigenvalue weighted by molar-refractivity contribution is -0.760. The summed E-state index contributed by atoms with van der Waals surface area (Å²) in [6, 6.07) is 0. The summed E-state index contributed by atoms with van der Waals surface area (Å²) < 4.78 is 0. The molecule has 0 amide bonds. The van der Waals surface area contributed by atoms with Crippen molar-refractivity contribution in [2.75, 3.05) is 0 Å². The quantitative estimate of drug-likeness (QED) is 0.0730. The molecule has 0 saturated carbocycles. The van der Waals surface area contributed by atoms with E-state index in [1.54, 1.807) is 0 Å². The molecule has 0 aromatic heterocycles. The average molecular weight is 278 g/mol. The zero-order valence-corrected chi connectivity index (χ0v) is 9.81. The van der Waals surface area contributed by atoms with Crippen LogP contribution in [-0.2, 0) is 0 Å². The molecule has 108 valence electrons. The fourth-order valence-electron chi connectivity index (χ4n) is 1.33. The van der Waals surface area contributed by atoms with Gasteiger partial charge < -0.3 is 11.5 Å². The van der Waals surface area contributed by atoms with Crippen LogP contribution in [-0.4, -0.2) is 43.6 Å². The molecule has 0 spiro atoms. The zero-order chi connectivity index (χ0) is 15.5. The Morgan fingerprint density at radius 2 is 1.37 bits per heavy atom. The highest BCUT2D eigenvalue weighted by Gasteiger charge is 2.61. The molecule has 0 unspecified atom stereocenters. The Hall–Kier alpha value is -2.74. The minimum Gasteiger partial charge on any atom is -0.369 e. The van der Waals surface area contributed by atoms with Crippen LogP contribution in [0.1, 0.15) is 6.92 Å². The molecule has 0 aliphatic rings. The summed E-state index contributed by atoms with van der Waals surface area (Å²) in [5.41, 5.74) is 7.63. The van der Waals surface area contributed by atoms with Crippen molar-refractivity contribution in [1.29, 1.82) is 10.8 Å². The summed E-state index contributed by atoms with van der Waals surface area (Å²) in [4.78, 5) is 19.1. The molecule has 14 nitrogen and oxygen atoms in total. The van der Waals surface area contributed by atoms with E-state index in [1.807, 2.05) is 0 Å². The highest BCUT2D eigenvalue weighted by molar-refractivity contribution is 5.78. The van der Waals surface area contributed by atoms with Gasteiger partial charge in [-0.3, -0.25) is 31.0 Å². The van der Waals surface area contributed by atoms with Crippen LogP contribution < -0.4 is 23.2 Å². The Bertz CT molecular complexity index is 388. The van der Waals surface area contributed by atoms with E-state index in [-0.39, 0.29) is 10.0 Å². The molecule has 0 aliphatic carbocycles. The maximum atomic E-state index is 10.8. The van der Waals surface area contributed by atoms with E-state index in [0.29, 0.717) is 0 Å². The first-order valence-corrected chi connectivity index (χ1v) is 4.52. The first-order chi connectivity index (χ1) is 8.47. The van der Waals surface area contributed by atoms with E-state index >= 15 is 0 Å². The van der Waals surface area contributed by atoms with E-state index in [0.717, 1.165) is 6.92 Å². The van der Waals surface area contributed by atoms with E-state index in [9.17, 15) is 20.2 Å². The van der Waals surface area contributed by atoms with Crippen molar-refractivity contribution in [2.45, 2.75) is 18.8 Å². The normalized spacial score (nSPS) is 13.5. The molecule has 0 aliphatic heterocycles. The van der Waals surface area contributed by atoms with Gasteiger partial charge in [-0.2, -0.15) is 0 Å². The first-order valence-electron chi connectivity index (χ1n) is 4.52. The Labute approximate surface area is 106 Å². The highest BCUT2D eigenvalue weighted by atomic mass is 16.7. The van der Waals surface area contributed by atoms with Crippen molar-refractivity contribution in [3.8, 4) is 0 Å². The van der Waals surface area contributed by atoms with Gasteiger partial charge in [0.2, 0.25) is 11.9 Å². The Balaban J connectivity index is 6.01. The monoisotopic (exact) mass is 278 g/mol. The summed E-state index contributed by atoms with van der Waals surface area (Å²) >= 11 is 0. The molecule has 10 N–H and O–H groups in total. The maximum Gasteiger partial charge on any atom is 0.493 e. The minimum absolute atomic E-state index is 0.185. The Morgan fingerprint density at radius 1 is 1.11 bits per heavy atom. The SMILES string of the molecule is CC(C([N+](=O)[O-])[N+](=O)[O-])(N(N)C(=N)N)N(N)C(=N)N. The van der Waals surface area contributed by atoms with Gasteiger partial charge in [0.1, 0.15) is 9.85 Å². The van der Waals surface area contributed by atoms with Crippen molar-refractivity contribution in [3.63, 3.8) is 0 Å². The van der Waals surface area contributed by atoms with Gasteiger partial charge in [-0.15, -0.1) is 0 Å². The fourth-order valence-corrected chi connectivity index (χ4v) is 1.33. The van der Waals surface area contributed by atoms with E-state index in [2.05, 4.69) is 0 Å². The van der Waals surface area contributed by atoms with Crippen LogP contribution in [0.25, 0.3) is 0 Å². The molecule has 0 fully saturated rings. The molecule has 0 saturated heterocycles. The summed E-state index contributed by atoms with van der Waals surface area (Å²) in [7, 11) is 0. The summed E-state index contributed by atoms with van der Waals surface area (Å²) in [6.45, 7) is 0.853. The second-order valence-corrected chi connectivity index (χ2v) is 3.55. The number of hydrogen-bond donors (Lipinski definition) is 6. The van der Waals surface area contributed by atoms with Gasteiger partial charge in [0.05, 0.1) is 0 Å². The summed E-state index contributed by atoms with van der Waals surface area (Å²) in [5.74, 6) is 8.75. The smallest absolute Gasteiger partial charge is 0.369 e. The van der Waals surface area contributed by atoms with Gasteiger partial charge in [0, 0.05) is 0 Å². The molecule has 0 radical (unpaired) electrons. The lowest BCUT2D eigenvalue weighted by atomic mass is 10.1. The van der Waals surface area contributed by atoms with Gasteiger partial charge in [-0.05, 0) is 6.92 Å². The number of nitrogens with two attached hydrogens (primary N) is 4. The van der Waals surface area contributed by atoms with Gasteiger partial charge in [0.25, 0.3) is 5.66 Å². The van der Waals surface area contributed by atoms with E-state index in [1.165, 1.54) is 0 Å². The Kier molecular flexibility index (Phi) is 4.51. The molecule has 0 heterocycles. The molecule has 14 heteroatoms. The minimum atomic E-state index is -2.60. The van der Waals surface area contributed by atoms with Crippen LogP contribution >= 0.6 is 0 Å². The summed E-state index contributed by atoms with van der Waals surface area (Å²) in [5, 5.41) is 36.2. The Morgan fingerprint density at radius 3 is 1.53 bits per heavy atom. The molecule has 0 atom stereocenters. The number of nitrogens with one attached hydrogen (secondary N) is 2. The third kappa shape index (κ3) is 2.75. The second kappa shape index (κ2) is 5.27. The largest absolute Gasteiger partial charge is 0.493 e. The number of rotatable bonds is 5. The topological polar surface area (TPSA) is 245 Å². The summed E-state index contributed by atoms with van der Waals surface area (Å²) in [6.07, 6.45) is -2.60. The van der Waals surface area contributed by atoms with Crippen LogP contribution in [0, 0.1) is 31.0 Å². The van der Waals surface area contributed by atoms with Crippen LogP contribution in [0.5, 0.6) is 0 Å². The van der Waals surface area contributed by atoms with Crippen molar-refractivity contribution in [2.24, 2.45) is 23.2 Å². The van der Waals surface area contributed by atoms with Crippen LogP contribution in [0.2, 0.25) is 0 Å². The van der Waals surface area contributed by atoms with Gasteiger partial charge >= 0.3 is 6.17 Å². The third-order valence-corrected chi connectivity index (χ3v) is 2.38. The predicted molar refractivity (Wildman–Crippen MR) is 62.1 cm³/mol. The van der Waals surface area contributed by atoms with Crippen molar-refractivity contribution in [1.82, 2.24) is 10.0 Å². The van der Waals surface area contributed by atoms with Crippen LogP contribution in [0.3, 0.4) is 0 Å².